The first kappa shape index (κ1) is 20.8. The number of ketones is 1. The predicted octanol–water partition coefficient (Wildman–Crippen LogP) is 4.39. The first-order chi connectivity index (χ1) is 13.5. The SMILES string of the molecule is Cc1cc(C)c(C(=O)CN2C(=O)NC(C)(c3ccc(C(C)C)cc3)C2=O)cc1C. The van der Waals surface area contributed by atoms with Crippen molar-refractivity contribution in [2.24, 2.45) is 0 Å². The molecule has 1 N–H and O–H groups in total. The van der Waals surface area contributed by atoms with Crippen LogP contribution in [0.2, 0.25) is 0 Å². The highest BCUT2D eigenvalue weighted by Gasteiger charge is 2.49. The topological polar surface area (TPSA) is 66.5 Å². The van der Waals surface area contributed by atoms with Crippen LogP contribution in [0.25, 0.3) is 0 Å². The molecular formula is C24H28N2O3. The summed E-state index contributed by atoms with van der Waals surface area (Å²) in [6.45, 7) is 11.4. The van der Waals surface area contributed by atoms with Crippen LogP contribution in [0.3, 0.4) is 0 Å². The molecule has 29 heavy (non-hydrogen) atoms. The summed E-state index contributed by atoms with van der Waals surface area (Å²) < 4.78 is 0. The summed E-state index contributed by atoms with van der Waals surface area (Å²) in [5, 5.41) is 2.77. The van der Waals surface area contributed by atoms with E-state index in [1.807, 2.05) is 57.2 Å². The van der Waals surface area contributed by atoms with E-state index < -0.39 is 17.5 Å². The van der Waals surface area contributed by atoms with Crippen LogP contribution in [-0.4, -0.2) is 29.2 Å². The highest BCUT2D eigenvalue weighted by Crippen LogP contribution is 2.30. The highest BCUT2D eigenvalue weighted by atomic mass is 16.2. The molecule has 0 radical (unpaired) electrons. The lowest BCUT2D eigenvalue weighted by molar-refractivity contribution is -0.130. The Morgan fingerprint density at radius 2 is 1.59 bits per heavy atom. The van der Waals surface area contributed by atoms with Gasteiger partial charge in [0.05, 0.1) is 6.54 Å². The average molecular weight is 392 g/mol. The Labute approximate surface area is 172 Å². The molecule has 2 aromatic carbocycles. The predicted molar refractivity (Wildman–Crippen MR) is 113 cm³/mol. The van der Waals surface area contributed by atoms with Gasteiger partial charge in [0, 0.05) is 5.56 Å². The van der Waals surface area contributed by atoms with Gasteiger partial charge in [-0.3, -0.25) is 14.5 Å². The highest BCUT2D eigenvalue weighted by molar-refractivity contribution is 6.11. The summed E-state index contributed by atoms with van der Waals surface area (Å²) in [6, 6.07) is 10.9. The van der Waals surface area contributed by atoms with Gasteiger partial charge in [-0.15, -0.1) is 0 Å². The number of imide groups is 1. The van der Waals surface area contributed by atoms with Crippen molar-refractivity contribution in [1.82, 2.24) is 10.2 Å². The number of carbonyl (C=O) groups excluding carboxylic acids is 3. The smallest absolute Gasteiger partial charge is 0.319 e. The largest absolute Gasteiger partial charge is 0.325 e. The van der Waals surface area contributed by atoms with E-state index in [1.54, 1.807) is 6.92 Å². The lowest BCUT2D eigenvalue weighted by Crippen LogP contribution is -2.41. The number of nitrogens with zero attached hydrogens (tertiary/aromatic N) is 1. The Kier molecular flexibility index (Phi) is 5.35. The summed E-state index contributed by atoms with van der Waals surface area (Å²) in [5.74, 6) is -0.274. The molecule has 1 aliphatic heterocycles. The van der Waals surface area contributed by atoms with Gasteiger partial charge in [-0.1, -0.05) is 44.2 Å². The van der Waals surface area contributed by atoms with Crippen molar-refractivity contribution < 1.29 is 14.4 Å². The number of urea groups is 1. The van der Waals surface area contributed by atoms with E-state index in [-0.39, 0.29) is 12.3 Å². The fraction of sp³-hybridized carbons (Fsp3) is 0.375. The minimum absolute atomic E-state index is 0.242. The van der Waals surface area contributed by atoms with Gasteiger partial charge in [-0.2, -0.15) is 0 Å². The van der Waals surface area contributed by atoms with Gasteiger partial charge in [0.15, 0.2) is 5.78 Å². The zero-order chi connectivity index (χ0) is 21.5. The maximum atomic E-state index is 13.1. The van der Waals surface area contributed by atoms with E-state index in [4.69, 9.17) is 0 Å². The Balaban J connectivity index is 1.85. The monoisotopic (exact) mass is 392 g/mol. The quantitative estimate of drug-likeness (QED) is 0.606. The standard InChI is InChI=1S/C24H28N2O3/c1-14(2)18-7-9-19(10-8-18)24(6)22(28)26(23(29)25-24)13-21(27)20-12-16(4)15(3)11-17(20)5/h7-12,14H,13H2,1-6H3,(H,25,29). The summed E-state index contributed by atoms with van der Waals surface area (Å²) in [6.07, 6.45) is 0. The molecule has 0 aliphatic carbocycles. The number of hydrogen-bond donors (Lipinski definition) is 1. The molecule has 3 rings (SSSR count). The normalized spacial score (nSPS) is 19.1. The van der Waals surface area contributed by atoms with Crippen molar-refractivity contribution in [3.05, 3.63) is 69.8 Å². The van der Waals surface area contributed by atoms with Crippen LogP contribution >= 0.6 is 0 Å². The molecule has 5 heteroatoms. The van der Waals surface area contributed by atoms with Crippen LogP contribution in [0, 0.1) is 20.8 Å². The molecule has 1 heterocycles. The first-order valence-electron chi connectivity index (χ1n) is 9.90. The molecule has 5 nitrogen and oxygen atoms in total. The van der Waals surface area contributed by atoms with E-state index in [2.05, 4.69) is 19.2 Å². The van der Waals surface area contributed by atoms with Gasteiger partial charge in [-0.25, -0.2) is 4.79 Å². The van der Waals surface area contributed by atoms with Crippen molar-refractivity contribution in [3.8, 4) is 0 Å². The summed E-state index contributed by atoms with van der Waals surface area (Å²) >= 11 is 0. The lowest BCUT2D eigenvalue weighted by atomic mass is 9.90. The van der Waals surface area contributed by atoms with Crippen molar-refractivity contribution in [2.45, 2.75) is 53.0 Å². The number of aryl methyl sites for hydroxylation is 3. The number of carbonyl (C=O) groups is 3. The second kappa shape index (κ2) is 7.47. The molecule has 1 atom stereocenters. The van der Waals surface area contributed by atoms with Crippen LogP contribution in [0.15, 0.2) is 36.4 Å². The van der Waals surface area contributed by atoms with Crippen LogP contribution in [0.1, 0.15) is 64.9 Å². The Bertz CT molecular complexity index is 992. The van der Waals surface area contributed by atoms with Crippen molar-refractivity contribution >= 4 is 17.7 Å². The number of benzene rings is 2. The Morgan fingerprint density at radius 1 is 1.00 bits per heavy atom. The molecule has 1 aliphatic rings. The molecule has 3 amide bonds. The number of amides is 3. The zero-order valence-corrected chi connectivity index (χ0v) is 17.9. The van der Waals surface area contributed by atoms with E-state index >= 15 is 0 Å². The van der Waals surface area contributed by atoms with Crippen molar-refractivity contribution in [2.75, 3.05) is 6.54 Å². The second-order valence-electron chi connectivity index (χ2n) is 8.40. The zero-order valence-electron chi connectivity index (χ0n) is 17.9. The number of hydrogen-bond acceptors (Lipinski definition) is 3. The minimum atomic E-state index is -1.18. The molecule has 152 valence electrons. The van der Waals surface area contributed by atoms with Gasteiger partial charge in [0.1, 0.15) is 5.54 Å². The average Bonchev–Trinajstić information content (AvgIpc) is 2.88. The molecule has 1 saturated heterocycles. The van der Waals surface area contributed by atoms with E-state index in [0.717, 1.165) is 27.2 Å². The molecule has 1 fully saturated rings. The van der Waals surface area contributed by atoms with Crippen LogP contribution in [0.4, 0.5) is 4.79 Å². The maximum absolute atomic E-state index is 13.1. The second-order valence-corrected chi connectivity index (χ2v) is 8.40. The fourth-order valence-corrected chi connectivity index (χ4v) is 3.73. The van der Waals surface area contributed by atoms with Gasteiger partial charge in [0.2, 0.25) is 0 Å². The van der Waals surface area contributed by atoms with Gasteiger partial charge in [-0.05, 0) is 67.5 Å². The van der Waals surface area contributed by atoms with Crippen LogP contribution < -0.4 is 5.32 Å². The lowest BCUT2D eigenvalue weighted by Gasteiger charge is -2.23. The van der Waals surface area contributed by atoms with Crippen LogP contribution in [-0.2, 0) is 10.3 Å². The van der Waals surface area contributed by atoms with Crippen molar-refractivity contribution in [1.29, 1.82) is 0 Å². The molecule has 0 bridgehead atoms. The van der Waals surface area contributed by atoms with E-state index in [0.29, 0.717) is 17.0 Å². The third-order valence-corrected chi connectivity index (χ3v) is 5.87. The Morgan fingerprint density at radius 3 is 2.17 bits per heavy atom. The number of Topliss-reactive ketones (excluding diaryl/α,β-unsaturated/α-hetero) is 1. The molecular weight excluding hydrogens is 364 g/mol. The third kappa shape index (κ3) is 3.69. The molecule has 0 saturated carbocycles. The summed E-state index contributed by atoms with van der Waals surface area (Å²) in [7, 11) is 0. The summed E-state index contributed by atoms with van der Waals surface area (Å²) in [5.41, 5.74) is 4.19. The Hall–Kier alpha value is -2.95. The van der Waals surface area contributed by atoms with Gasteiger partial charge >= 0.3 is 6.03 Å². The number of nitrogens with one attached hydrogen (secondary N) is 1. The van der Waals surface area contributed by atoms with E-state index in [9.17, 15) is 14.4 Å². The van der Waals surface area contributed by atoms with Crippen LogP contribution in [0.5, 0.6) is 0 Å². The molecule has 0 aromatic heterocycles. The molecule has 2 aromatic rings. The minimum Gasteiger partial charge on any atom is -0.319 e. The van der Waals surface area contributed by atoms with Gasteiger partial charge in [0.25, 0.3) is 5.91 Å². The maximum Gasteiger partial charge on any atom is 0.325 e. The third-order valence-electron chi connectivity index (χ3n) is 5.87. The molecule has 0 spiro atoms. The number of rotatable bonds is 5. The first-order valence-corrected chi connectivity index (χ1v) is 9.90. The fourth-order valence-electron chi connectivity index (χ4n) is 3.73. The molecule has 1 unspecified atom stereocenters. The summed E-state index contributed by atoms with van der Waals surface area (Å²) in [4.78, 5) is 39.6. The van der Waals surface area contributed by atoms with E-state index in [1.165, 1.54) is 0 Å². The van der Waals surface area contributed by atoms with Crippen molar-refractivity contribution in [3.63, 3.8) is 0 Å². The van der Waals surface area contributed by atoms with Gasteiger partial charge < -0.3 is 5.32 Å².